The second-order valence-corrected chi connectivity index (χ2v) is 23.3. The number of fused-ring (bicyclic) bond motifs is 5. The zero-order chi connectivity index (χ0) is 64.3. The highest BCUT2D eigenvalue weighted by molar-refractivity contribution is 6.12. The summed E-state index contributed by atoms with van der Waals surface area (Å²) in [6, 6.07) is 16.7. The summed E-state index contributed by atoms with van der Waals surface area (Å²) in [5.74, 6) is -2.34. The smallest absolute Gasteiger partial charge is 0.411 e. The lowest BCUT2D eigenvalue weighted by Gasteiger charge is -2.38. The van der Waals surface area contributed by atoms with E-state index in [1.54, 1.807) is 69.3 Å². The number of nitrogens with one attached hydrogen (secondary N) is 6. The Hall–Kier alpha value is -8.45. The number of imide groups is 1. The first-order valence-electron chi connectivity index (χ1n) is 30.2. The highest BCUT2D eigenvalue weighted by Gasteiger charge is 2.58. The monoisotopic (exact) mass is 1230 g/mol. The molecule has 7 N–H and O–H groups in total. The third-order valence-electron chi connectivity index (χ3n) is 15.8. The molecule has 480 valence electrons. The minimum absolute atomic E-state index is 0.0124. The van der Waals surface area contributed by atoms with Crippen molar-refractivity contribution in [1.82, 2.24) is 26.2 Å². The van der Waals surface area contributed by atoms with Crippen molar-refractivity contribution < 1.29 is 76.7 Å². The molecule has 0 aliphatic carbocycles. The van der Waals surface area contributed by atoms with Gasteiger partial charge in [0.05, 0.1) is 57.5 Å². The van der Waals surface area contributed by atoms with Gasteiger partial charge in [-0.25, -0.2) is 9.59 Å². The number of allylic oxidation sites excluding steroid dienone is 3. The highest BCUT2D eigenvalue weighted by atomic mass is 16.6. The molecule has 24 nitrogen and oxygen atoms in total. The van der Waals surface area contributed by atoms with Crippen LogP contribution in [0.25, 0.3) is 11.1 Å². The molecule has 0 radical (unpaired) electrons. The molecule has 0 aromatic heterocycles. The molecule has 2 fully saturated rings. The van der Waals surface area contributed by atoms with Gasteiger partial charge in [0, 0.05) is 87.2 Å². The first-order chi connectivity index (χ1) is 42.5. The summed E-state index contributed by atoms with van der Waals surface area (Å²) in [5, 5.41) is 27.5. The van der Waals surface area contributed by atoms with Crippen LogP contribution in [0, 0.1) is 11.8 Å². The maximum absolute atomic E-state index is 14.1. The van der Waals surface area contributed by atoms with Gasteiger partial charge in [0.2, 0.25) is 29.5 Å². The maximum Gasteiger partial charge on any atom is 0.411 e. The van der Waals surface area contributed by atoms with Crippen molar-refractivity contribution in [1.29, 1.82) is 0 Å². The van der Waals surface area contributed by atoms with E-state index in [9.17, 15) is 48.3 Å². The van der Waals surface area contributed by atoms with Crippen molar-refractivity contribution in [2.75, 3.05) is 75.8 Å². The summed E-state index contributed by atoms with van der Waals surface area (Å²) in [5.41, 5.74) is 3.28. The number of carbonyl (C=O) groups is 9. The predicted octanol–water partition coefficient (Wildman–Crippen LogP) is 6.50. The van der Waals surface area contributed by atoms with Gasteiger partial charge in [-0.1, -0.05) is 75.3 Å². The number of hydrogen-bond acceptors (Lipinski definition) is 16. The summed E-state index contributed by atoms with van der Waals surface area (Å²) in [7, 11) is 3.30. The van der Waals surface area contributed by atoms with E-state index >= 15 is 0 Å². The molecule has 1 unspecified atom stereocenters. The van der Waals surface area contributed by atoms with Crippen molar-refractivity contribution in [2.45, 2.75) is 135 Å². The molecular weight excluding hydrogens is 1150 g/mol. The van der Waals surface area contributed by atoms with Crippen molar-refractivity contribution >= 4 is 70.6 Å². The number of epoxide rings is 1. The Bertz CT molecular complexity index is 3110. The average molecular weight is 1230 g/mol. The first-order valence-corrected chi connectivity index (χ1v) is 30.2. The zero-order valence-electron chi connectivity index (χ0n) is 51.7. The Morgan fingerprint density at radius 1 is 0.843 bits per heavy atom. The molecule has 3 aromatic carbocycles. The molecule has 6 atom stereocenters. The topological polar surface area (TPSA) is 311 Å². The van der Waals surface area contributed by atoms with E-state index in [4.69, 9.17) is 28.4 Å². The molecule has 24 heteroatoms. The van der Waals surface area contributed by atoms with Crippen LogP contribution in [0.15, 0.2) is 96.6 Å². The average Bonchev–Trinajstić information content (AvgIpc) is 2.02. The molecule has 4 aliphatic heterocycles. The lowest BCUT2D eigenvalue weighted by Crippen LogP contribution is -2.57. The Morgan fingerprint density at radius 2 is 1.54 bits per heavy atom. The fourth-order valence-electron chi connectivity index (χ4n) is 10.7. The molecule has 2 saturated heterocycles. The van der Waals surface area contributed by atoms with Crippen molar-refractivity contribution in [3.05, 3.63) is 108 Å². The quantitative estimate of drug-likeness (QED) is 0.0256. The van der Waals surface area contributed by atoms with E-state index < -0.39 is 53.4 Å². The largest absolute Gasteiger partial charge is 0.496 e. The summed E-state index contributed by atoms with van der Waals surface area (Å²) in [6.45, 7) is 10.4. The van der Waals surface area contributed by atoms with Gasteiger partial charge in [-0.2, -0.15) is 0 Å². The molecule has 0 spiro atoms. The number of benzene rings is 3. The van der Waals surface area contributed by atoms with E-state index in [-0.39, 0.29) is 107 Å². The molecule has 4 heterocycles. The first kappa shape index (κ1) is 68.0. The number of methoxy groups -OCH3 is 1. The number of aliphatic hydroxyl groups is 1. The molecular formula is C65H84N8O16. The number of alkyl carbamates (subject to hydrolysis) is 1. The number of carbonyl (C=O) groups excluding carboxylic acids is 9. The second kappa shape index (κ2) is 32.2. The third-order valence-corrected chi connectivity index (χ3v) is 15.8. The summed E-state index contributed by atoms with van der Waals surface area (Å²) < 4.78 is 34.3. The number of nitrogens with zero attached hydrogens (tertiary/aromatic N) is 2. The fourth-order valence-corrected chi connectivity index (χ4v) is 10.7. The SMILES string of the molecule is COc1cc2cc(c1-c1ccc(NC(=O)OCc3ccc(NC(=O)CNC(=O)C(NC(=O)CCOCCOCCNC(=O)CCCCCN4C(=O)C=CC4=O)C(C)C)cc3)cc1)N(C)C(=O)CC[C@]1(C)O[C@H]1[C@H](C)[C@@H]1C[C@](O)(C/C=C/C=C(\C)C2)NC(=O)O1. The van der Waals surface area contributed by atoms with Crippen molar-refractivity contribution in [3.63, 3.8) is 0 Å². The van der Waals surface area contributed by atoms with Gasteiger partial charge in [0.25, 0.3) is 11.8 Å². The number of unbranched alkanes of at least 4 members (excludes halogenated alkanes) is 2. The molecule has 3 aromatic rings. The Morgan fingerprint density at radius 3 is 2.25 bits per heavy atom. The van der Waals surface area contributed by atoms with Crippen LogP contribution in [0.3, 0.4) is 0 Å². The van der Waals surface area contributed by atoms with Crippen LogP contribution >= 0.6 is 0 Å². The normalized spacial score (nSPS) is 22.2. The van der Waals surface area contributed by atoms with Gasteiger partial charge in [-0.3, -0.25) is 49.1 Å². The van der Waals surface area contributed by atoms with E-state index in [1.807, 2.05) is 63.3 Å². The molecule has 4 bridgehead atoms. The number of rotatable bonds is 26. The van der Waals surface area contributed by atoms with Crippen molar-refractivity contribution in [2.24, 2.45) is 11.8 Å². The Kier molecular flexibility index (Phi) is 24.6. The molecule has 7 rings (SSSR count). The summed E-state index contributed by atoms with van der Waals surface area (Å²) in [4.78, 5) is 116. The molecule has 0 saturated carbocycles. The van der Waals surface area contributed by atoms with Gasteiger partial charge < -0.3 is 59.7 Å². The lowest BCUT2D eigenvalue weighted by atomic mass is 9.85. The van der Waals surface area contributed by atoms with Crippen LogP contribution in [-0.4, -0.2) is 153 Å². The summed E-state index contributed by atoms with van der Waals surface area (Å²) >= 11 is 0. The van der Waals surface area contributed by atoms with Crippen LogP contribution < -0.4 is 41.5 Å². The zero-order valence-corrected chi connectivity index (χ0v) is 51.7. The Labute approximate surface area is 518 Å². The van der Waals surface area contributed by atoms with Crippen LogP contribution in [-0.2, 0) is 70.3 Å². The fraction of sp³-hybridized carbons (Fsp3) is 0.492. The number of hydrogen-bond donors (Lipinski definition) is 7. The van der Waals surface area contributed by atoms with Crippen LogP contribution in [0.1, 0.15) is 104 Å². The molecule has 9 amide bonds. The minimum atomic E-state index is -1.49. The highest BCUT2D eigenvalue weighted by Crippen LogP contribution is 2.48. The van der Waals surface area contributed by atoms with Gasteiger partial charge in [-0.15, -0.1) is 0 Å². The van der Waals surface area contributed by atoms with Crippen molar-refractivity contribution in [3.8, 4) is 16.9 Å². The summed E-state index contributed by atoms with van der Waals surface area (Å²) in [6.07, 6.45) is 9.52. The third kappa shape index (κ3) is 20.3. The van der Waals surface area contributed by atoms with E-state index in [0.717, 1.165) is 16.7 Å². The van der Waals surface area contributed by atoms with E-state index in [1.165, 1.54) is 17.1 Å². The van der Waals surface area contributed by atoms with Gasteiger partial charge >= 0.3 is 12.2 Å². The second-order valence-electron chi connectivity index (χ2n) is 23.3. The Balaban J connectivity index is 0.811. The number of amides is 9. The number of ether oxygens (including phenoxy) is 6. The minimum Gasteiger partial charge on any atom is -0.496 e. The van der Waals surface area contributed by atoms with Gasteiger partial charge in [0.1, 0.15) is 30.2 Å². The van der Waals surface area contributed by atoms with E-state index in [0.29, 0.717) is 85.6 Å². The van der Waals surface area contributed by atoms with Gasteiger partial charge in [0.15, 0.2) is 0 Å². The number of anilines is 3. The molecule has 89 heavy (non-hydrogen) atoms. The van der Waals surface area contributed by atoms with E-state index in [2.05, 4.69) is 31.9 Å². The van der Waals surface area contributed by atoms with Crippen LogP contribution in [0.4, 0.5) is 26.7 Å². The van der Waals surface area contributed by atoms with Crippen LogP contribution in [0.2, 0.25) is 0 Å². The molecule has 4 aliphatic rings. The van der Waals surface area contributed by atoms with Crippen LogP contribution in [0.5, 0.6) is 5.75 Å². The standard InChI is InChI=1S/C65H84N8O16/c1-41(2)59(70-53(75)26-31-85-33-34-86-32-29-66-52(74)14-9-8-12-30-73-56(78)23-24-57(73)79)61(80)67-39-54(76)68-47-19-15-44(16-20-47)40-87-62(81)69-48-21-17-46(18-22-48)58-49-36-45(37-50(58)84-7)35-42(3)13-10-11-27-65(83)38-51(88-63(82)71-65)43(4)60-64(5,89-60)28-25-55(77)72(49)6/h10-11,13,15-24,36-37,41,43,51,59-60,83H,8-9,12,14,25-35,38-40H2,1-7H3,(H,66,74)(H,67,80)(H,68,76)(H,69,81)(H,70,75)(H,71,82)/b11-10+,42-13+/t43-,51+,59?,60+,64+,65-/m1/s1. The lowest BCUT2D eigenvalue weighted by molar-refractivity contribution is -0.137. The maximum atomic E-state index is 14.1. The predicted molar refractivity (Wildman–Crippen MR) is 330 cm³/mol. The van der Waals surface area contributed by atoms with Gasteiger partial charge in [-0.05, 0) is 98.5 Å².